The van der Waals surface area contributed by atoms with Crippen molar-refractivity contribution in [1.82, 2.24) is 4.98 Å². The Labute approximate surface area is 150 Å². The molecule has 0 spiro atoms. The fraction of sp³-hybridized carbons (Fsp3) is 0.350. The first kappa shape index (κ1) is 18.3. The van der Waals surface area contributed by atoms with Crippen molar-refractivity contribution >= 4 is 18.0 Å². The summed E-state index contributed by atoms with van der Waals surface area (Å²) in [5.41, 5.74) is 3.46. The van der Waals surface area contributed by atoms with Crippen LogP contribution < -0.4 is 9.47 Å². The van der Waals surface area contributed by atoms with Crippen LogP contribution in [0.25, 0.3) is 5.57 Å². The first-order chi connectivity index (χ1) is 11.3. The second-order valence-corrected chi connectivity index (χ2v) is 5.83. The number of methoxy groups -OCH3 is 1. The number of pyridine rings is 1. The zero-order chi connectivity index (χ0) is 16.1. The molecule has 24 heavy (non-hydrogen) atoms. The van der Waals surface area contributed by atoms with Crippen molar-refractivity contribution in [3.8, 4) is 11.5 Å². The SMILES string of the molecule is CC=C(c1ccncc1)c1ccc(OC)c(OC2CCCC2)c1.Cl. The van der Waals surface area contributed by atoms with Crippen molar-refractivity contribution in [3.05, 3.63) is 59.9 Å². The number of rotatable bonds is 5. The highest BCUT2D eigenvalue weighted by Gasteiger charge is 2.19. The molecule has 0 unspecified atom stereocenters. The standard InChI is InChI=1S/C20H23NO2.ClH/c1-3-18(15-10-12-21-13-11-15)16-8-9-19(22-2)20(14-16)23-17-6-4-5-7-17;/h3,8-14,17H,4-7H2,1-2H3;1H. The van der Waals surface area contributed by atoms with Gasteiger partial charge in [0.05, 0.1) is 13.2 Å². The van der Waals surface area contributed by atoms with E-state index in [-0.39, 0.29) is 12.4 Å². The first-order valence-electron chi connectivity index (χ1n) is 8.23. The number of hydrogen-bond acceptors (Lipinski definition) is 3. The number of benzene rings is 1. The van der Waals surface area contributed by atoms with E-state index in [1.54, 1.807) is 7.11 Å². The van der Waals surface area contributed by atoms with Gasteiger partial charge in [-0.2, -0.15) is 0 Å². The molecule has 1 fully saturated rings. The molecule has 4 heteroatoms. The van der Waals surface area contributed by atoms with Crippen molar-refractivity contribution in [2.75, 3.05) is 7.11 Å². The van der Waals surface area contributed by atoms with Crippen LogP contribution in [0.4, 0.5) is 0 Å². The van der Waals surface area contributed by atoms with Crippen LogP contribution in [0.3, 0.4) is 0 Å². The number of allylic oxidation sites excluding steroid dienone is 1. The predicted octanol–water partition coefficient (Wildman–Crippen LogP) is 5.29. The zero-order valence-electron chi connectivity index (χ0n) is 14.2. The largest absolute Gasteiger partial charge is 0.493 e. The summed E-state index contributed by atoms with van der Waals surface area (Å²) in [6.07, 6.45) is 10.8. The number of ether oxygens (including phenoxy) is 2. The van der Waals surface area contributed by atoms with Gasteiger partial charge in [0.25, 0.3) is 0 Å². The molecule has 3 rings (SSSR count). The fourth-order valence-electron chi connectivity index (χ4n) is 3.15. The molecule has 0 amide bonds. The van der Waals surface area contributed by atoms with Crippen molar-refractivity contribution in [2.45, 2.75) is 38.7 Å². The summed E-state index contributed by atoms with van der Waals surface area (Å²) in [6, 6.07) is 10.2. The molecule has 128 valence electrons. The van der Waals surface area contributed by atoms with Crippen molar-refractivity contribution < 1.29 is 9.47 Å². The van der Waals surface area contributed by atoms with E-state index >= 15 is 0 Å². The van der Waals surface area contributed by atoms with Crippen LogP contribution in [0.15, 0.2) is 48.8 Å². The van der Waals surface area contributed by atoms with E-state index in [1.807, 2.05) is 30.6 Å². The molecule has 0 atom stereocenters. The van der Waals surface area contributed by atoms with Crippen molar-refractivity contribution in [2.24, 2.45) is 0 Å². The molecule has 1 aromatic carbocycles. The summed E-state index contributed by atoms with van der Waals surface area (Å²) in [5, 5.41) is 0. The third kappa shape index (κ3) is 4.09. The second-order valence-electron chi connectivity index (χ2n) is 5.83. The Bertz CT molecular complexity index is 679. The van der Waals surface area contributed by atoms with Crippen molar-refractivity contribution in [3.63, 3.8) is 0 Å². The van der Waals surface area contributed by atoms with Crippen LogP contribution in [0.1, 0.15) is 43.7 Å². The van der Waals surface area contributed by atoms with E-state index in [9.17, 15) is 0 Å². The molecule has 0 radical (unpaired) electrons. The number of halogens is 1. The van der Waals surface area contributed by atoms with Crippen LogP contribution in [-0.2, 0) is 0 Å². The Morgan fingerprint density at radius 2 is 1.75 bits per heavy atom. The van der Waals surface area contributed by atoms with Crippen molar-refractivity contribution in [1.29, 1.82) is 0 Å². The summed E-state index contributed by atoms with van der Waals surface area (Å²) < 4.78 is 11.7. The Morgan fingerprint density at radius 3 is 2.38 bits per heavy atom. The zero-order valence-corrected chi connectivity index (χ0v) is 15.0. The maximum absolute atomic E-state index is 6.20. The summed E-state index contributed by atoms with van der Waals surface area (Å²) in [4.78, 5) is 4.10. The highest BCUT2D eigenvalue weighted by molar-refractivity contribution is 5.85. The van der Waals surface area contributed by atoms with Crippen LogP contribution in [0.2, 0.25) is 0 Å². The monoisotopic (exact) mass is 345 g/mol. The summed E-state index contributed by atoms with van der Waals surface area (Å²) in [7, 11) is 1.69. The van der Waals surface area contributed by atoms with Gasteiger partial charge >= 0.3 is 0 Å². The third-order valence-corrected chi connectivity index (χ3v) is 4.35. The third-order valence-electron chi connectivity index (χ3n) is 4.35. The summed E-state index contributed by atoms with van der Waals surface area (Å²) in [5.74, 6) is 1.64. The maximum atomic E-state index is 6.20. The van der Waals surface area contributed by atoms with E-state index < -0.39 is 0 Å². The van der Waals surface area contributed by atoms with Gasteiger partial charge in [0.15, 0.2) is 11.5 Å². The van der Waals surface area contributed by atoms with Crippen LogP contribution in [0.5, 0.6) is 11.5 Å². The van der Waals surface area contributed by atoms with E-state index in [1.165, 1.54) is 18.4 Å². The lowest BCUT2D eigenvalue weighted by molar-refractivity contribution is 0.201. The fourth-order valence-corrected chi connectivity index (χ4v) is 3.15. The molecule has 0 aliphatic heterocycles. The van der Waals surface area contributed by atoms with Gasteiger partial charge in [-0.15, -0.1) is 12.4 Å². The lowest BCUT2D eigenvalue weighted by Crippen LogP contribution is -2.11. The first-order valence-corrected chi connectivity index (χ1v) is 8.23. The van der Waals surface area contributed by atoms with Gasteiger partial charge in [0, 0.05) is 12.4 Å². The highest BCUT2D eigenvalue weighted by atomic mass is 35.5. The molecule has 0 saturated heterocycles. The van der Waals surface area contributed by atoms with Gasteiger partial charge in [-0.05, 0) is 73.6 Å². The lowest BCUT2D eigenvalue weighted by Gasteiger charge is -2.17. The number of nitrogens with zero attached hydrogens (tertiary/aromatic N) is 1. The van der Waals surface area contributed by atoms with Crippen LogP contribution >= 0.6 is 12.4 Å². The van der Waals surface area contributed by atoms with E-state index in [4.69, 9.17) is 9.47 Å². The minimum atomic E-state index is 0. The normalized spacial score (nSPS) is 15.0. The highest BCUT2D eigenvalue weighted by Crippen LogP contribution is 2.35. The quantitative estimate of drug-likeness (QED) is 0.738. The molecule has 0 N–H and O–H groups in total. The van der Waals surface area contributed by atoms with Gasteiger partial charge in [0.1, 0.15) is 0 Å². The predicted molar refractivity (Wildman–Crippen MR) is 100 cm³/mol. The van der Waals surface area contributed by atoms with Gasteiger partial charge in [-0.1, -0.05) is 12.1 Å². The lowest BCUT2D eigenvalue weighted by atomic mass is 9.98. The molecule has 1 aliphatic carbocycles. The molecular formula is C20H24ClNO2. The van der Waals surface area contributed by atoms with Crippen LogP contribution in [0, 0.1) is 0 Å². The molecule has 1 heterocycles. The Balaban J connectivity index is 0.00000208. The molecule has 1 aliphatic rings. The average molecular weight is 346 g/mol. The van der Waals surface area contributed by atoms with Gasteiger partial charge in [-0.3, -0.25) is 4.98 Å². The Hall–Kier alpha value is -2.00. The van der Waals surface area contributed by atoms with Crippen LogP contribution in [-0.4, -0.2) is 18.2 Å². The Kier molecular flexibility index (Phi) is 6.68. The second kappa shape index (κ2) is 8.74. The molecule has 1 aromatic heterocycles. The minimum Gasteiger partial charge on any atom is -0.493 e. The molecule has 0 bridgehead atoms. The molecule has 1 saturated carbocycles. The Morgan fingerprint density at radius 1 is 1.04 bits per heavy atom. The number of aromatic nitrogens is 1. The topological polar surface area (TPSA) is 31.4 Å². The summed E-state index contributed by atoms with van der Waals surface area (Å²) in [6.45, 7) is 2.05. The molecule has 3 nitrogen and oxygen atoms in total. The van der Waals surface area contributed by atoms with E-state index in [0.29, 0.717) is 6.10 Å². The van der Waals surface area contributed by atoms with E-state index in [0.717, 1.165) is 35.5 Å². The molecule has 2 aromatic rings. The van der Waals surface area contributed by atoms with Gasteiger partial charge < -0.3 is 9.47 Å². The van der Waals surface area contributed by atoms with E-state index in [2.05, 4.69) is 30.1 Å². The average Bonchev–Trinajstić information content (AvgIpc) is 3.10. The van der Waals surface area contributed by atoms with Gasteiger partial charge in [0.2, 0.25) is 0 Å². The minimum absolute atomic E-state index is 0. The molecular weight excluding hydrogens is 322 g/mol. The smallest absolute Gasteiger partial charge is 0.162 e. The summed E-state index contributed by atoms with van der Waals surface area (Å²) >= 11 is 0. The van der Waals surface area contributed by atoms with Gasteiger partial charge in [-0.25, -0.2) is 0 Å². The number of hydrogen-bond donors (Lipinski definition) is 0. The maximum Gasteiger partial charge on any atom is 0.162 e.